The smallest absolute Gasteiger partial charge is 0.317 e. The van der Waals surface area contributed by atoms with E-state index in [0.717, 1.165) is 41.4 Å². The van der Waals surface area contributed by atoms with Crippen LogP contribution in [0.5, 0.6) is 0 Å². The van der Waals surface area contributed by atoms with Crippen molar-refractivity contribution in [3.8, 4) is 11.3 Å². The Morgan fingerprint density at radius 2 is 2.00 bits per heavy atom. The number of thioether (sulfide) groups is 1. The van der Waals surface area contributed by atoms with Crippen LogP contribution in [0.2, 0.25) is 0 Å². The van der Waals surface area contributed by atoms with E-state index in [0.29, 0.717) is 6.54 Å². The first-order valence-corrected chi connectivity index (χ1v) is 8.17. The number of aromatic amines is 1. The lowest BCUT2D eigenvalue weighted by atomic mass is 10.1. The summed E-state index contributed by atoms with van der Waals surface area (Å²) in [6.45, 7) is 2.25. The number of carbonyl (C=O) groups is 1. The van der Waals surface area contributed by atoms with Crippen LogP contribution in [0.3, 0.4) is 0 Å². The molecule has 1 aliphatic rings. The van der Waals surface area contributed by atoms with Gasteiger partial charge >= 0.3 is 6.03 Å². The summed E-state index contributed by atoms with van der Waals surface area (Å²) in [5, 5.41) is 9.86. The average molecular weight is 302 g/mol. The number of hydrogen-bond donors (Lipinski definition) is 2. The van der Waals surface area contributed by atoms with Gasteiger partial charge in [0.25, 0.3) is 0 Å². The fourth-order valence-corrected chi connectivity index (χ4v) is 3.18. The second-order valence-electron chi connectivity index (χ2n) is 4.93. The number of hydrogen-bond acceptors (Lipinski definition) is 3. The number of benzene rings is 1. The van der Waals surface area contributed by atoms with Gasteiger partial charge in [0.05, 0.1) is 5.69 Å². The van der Waals surface area contributed by atoms with Crippen LogP contribution in [0, 0.1) is 0 Å². The monoisotopic (exact) mass is 302 g/mol. The van der Waals surface area contributed by atoms with Gasteiger partial charge in [-0.15, -0.1) is 0 Å². The van der Waals surface area contributed by atoms with E-state index in [1.807, 2.05) is 47.0 Å². The number of nitrogens with one attached hydrogen (secondary N) is 2. The summed E-state index contributed by atoms with van der Waals surface area (Å²) < 4.78 is 0. The van der Waals surface area contributed by atoms with E-state index in [9.17, 15) is 4.79 Å². The standard InChI is InChI=1S/C15H18N4OS/c20-15(19-7-9-21-10-8-19)16-11-12-1-3-13(4-2-12)14-5-6-17-18-14/h1-6H,7-11H2,(H,16,20)(H,17,18). The first kappa shape index (κ1) is 14.0. The van der Waals surface area contributed by atoms with E-state index in [1.54, 1.807) is 6.20 Å². The first-order valence-electron chi connectivity index (χ1n) is 7.02. The highest BCUT2D eigenvalue weighted by Crippen LogP contribution is 2.16. The lowest BCUT2D eigenvalue weighted by molar-refractivity contribution is 0.202. The van der Waals surface area contributed by atoms with Crippen LogP contribution in [0.15, 0.2) is 36.5 Å². The molecule has 1 fully saturated rings. The number of rotatable bonds is 3. The number of aromatic nitrogens is 2. The number of nitrogens with zero attached hydrogens (tertiary/aromatic N) is 2. The number of carbonyl (C=O) groups excluding carboxylic acids is 1. The maximum absolute atomic E-state index is 12.0. The quantitative estimate of drug-likeness (QED) is 0.915. The van der Waals surface area contributed by atoms with E-state index in [1.165, 1.54) is 0 Å². The van der Waals surface area contributed by atoms with E-state index in [4.69, 9.17) is 0 Å². The molecule has 0 spiro atoms. The summed E-state index contributed by atoms with van der Waals surface area (Å²) in [5.41, 5.74) is 3.19. The Balaban J connectivity index is 1.54. The van der Waals surface area contributed by atoms with Crippen molar-refractivity contribution in [1.29, 1.82) is 0 Å². The highest BCUT2D eigenvalue weighted by molar-refractivity contribution is 7.99. The predicted molar refractivity (Wildman–Crippen MR) is 85.2 cm³/mol. The lowest BCUT2D eigenvalue weighted by Crippen LogP contribution is -2.44. The maximum atomic E-state index is 12.0. The SMILES string of the molecule is O=C(NCc1ccc(-c2ccn[nH]2)cc1)N1CCSCC1. The third kappa shape index (κ3) is 3.58. The molecule has 110 valence electrons. The Bertz CT molecular complexity index is 576. The number of amides is 2. The molecule has 6 heteroatoms. The topological polar surface area (TPSA) is 61.0 Å². The van der Waals surface area contributed by atoms with Crippen molar-refractivity contribution in [2.75, 3.05) is 24.6 Å². The molecule has 1 aromatic carbocycles. The molecular weight excluding hydrogens is 284 g/mol. The van der Waals surface area contributed by atoms with Crippen LogP contribution >= 0.6 is 11.8 Å². The van der Waals surface area contributed by atoms with Gasteiger partial charge in [0, 0.05) is 37.3 Å². The molecule has 0 radical (unpaired) electrons. The molecule has 3 rings (SSSR count). The van der Waals surface area contributed by atoms with Crippen LogP contribution in [0.4, 0.5) is 4.79 Å². The van der Waals surface area contributed by atoms with Crippen molar-refractivity contribution in [3.63, 3.8) is 0 Å². The summed E-state index contributed by atoms with van der Waals surface area (Å²) in [6.07, 6.45) is 1.74. The summed E-state index contributed by atoms with van der Waals surface area (Å²) >= 11 is 1.90. The molecule has 0 bridgehead atoms. The normalized spacial score (nSPS) is 15.0. The van der Waals surface area contributed by atoms with Gasteiger partial charge in [-0.05, 0) is 17.2 Å². The summed E-state index contributed by atoms with van der Waals surface area (Å²) in [4.78, 5) is 13.9. The molecule has 2 aromatic rings. The molecule has 0 atom stereocenters. The van der Waals surface area contributed by atoms with Crippen molar-refractivity contribution >= 4 is 17.8 Å². The van der Waals surface area contributed by atoms with E-state index in [-0.39, 0.29) is 6.03 Å². The van der Waals surface area contributed by atoms with Gasteiger partial charge in [0.2, 0.25) is 0 Å². The van der Waals surface area contributed by atoms with E-state index in [2.05, 4.69) is 15.5 Å². The molecule has 0 unspecified atom stereocenters. The predicted octanol–water partition coefficient (Wildman–Crippen LogP) is 2.34. The molecule has 5 nitrogen and oxygen atoms in total. The Morgan fingerprint density at radius 1 is 1.24 bits per heavy atom. The molecule has 2 amide bonds. The third-order valence-electron chi connectivity index (χ3n) is 3.51. The van der Waals surface area contributed by atoms with Gasteiger partial charge in [-0.1, -0.05) is 24.3 Å². The molecule has 2 N–H and O–H groups in total. The molecule has 0 saturated carbocycles. The second-order valence-corrected chi connectivity index (χ2v) is 6.15. The van der Waals surface area contributed by atoms with Gasteiger partial charge in [-0.2, -0.15) is 16.9 Å². The zero-order chi connectivity index (χ0) is 14.5. The number of urea groups is 1. The van der Waals surface area contributed by atoms with Crippen LogP contribution in [0.25, 0.3) is 11.3 Å². The van der Waals surface area contributed by atoms with Gasteiger partial charge in [0.1, 0.15) is 0 Å². The maximum Gasteiger partial charge on any atom is 0.317 e. The zero-order valence-electron chi connectivity index (χ0n) is 11.7. The van der Waals surface area contributed by atoms with Crippen molar-refractivity contribution < 1.29 is 4.79 Å². The van der Waals surface area contributed by atoms with E-state index < -0.39 is 0 Å². The minimum Gasteiger partial charge on any atom is -0.334 e. The van der Waals surface area contributed by atoms with Crippen LogP contribution in [-0.2, 0) is 6.54 Å². The molecule has 21 heavy (non-hydrogen) atoms. The van der Waals surface area contributed by atoms with Gasteiger partial charge in [0.15, 0.2) is 0 Å². The third-order valence-corrected chi connectivity index (χ3v) is 4.45. The Kier molecular flexibility index (Phi) is 4.45. The van der Waals surface area contributed by atoms with Crippen LogP contribution in [-0.4, -0.2) is 45.7 Å². The Hall–Kier alpha value is -1.95. The molecule has 2 heterocycles. The highest BCUT2D eigenvalue weighted by Gasteiger charge is 2.15. The van der Waals surface area contributed by atoms with Crippen LogP contribution < -0.4 is 5.32 Å². The summed E-state index contributed by atoms with van der Waals surface area (Å²) in [7, 11) is 0. The fraction of sp³-hybridized carbons (Fsp3) is 0.333. The average Bonchev–Trinajstić information content (AvgIpc) is 3.08. The fourth-order valence-electron chi connectivity index (χ4n) is 2.27. The zero-order valence-corrected chi connectivity index (χ0v) is 12.5. The molecule has 1 aliphatic heterocycles. The minimum absolute atomic E-state index is 0.0351. The minimum atomic E-state index is 0.0351. The highest BCUT2D eigenvalue weighted by atomic mass is 32.2. The molecule has 1 saturated heterocycles. The first-order chi connectivity index (χ1) is 10.3. The van der Waals surface area contributed by atoms with Crippen molar-refractivity contribution in [3.05, 3.63) is 42.1 Å². The van der Waals surface area contributed by atoms with Crippen molar-refractivity contribution in [1.82, 2.24) is 20.4 Å². The molecule has 0 aliphatic carbocycles. The summed E-state index contributed by atoms with van der Waals surface area (Å²) in [5.74, 6) is 2.07. The largest absolute Gasteiger partial charge is 0.334 e. The van der Waals surface area contributed by atoms with Crippen LogP contribution in [0.1, 0.15) is 5.56 Å². The second kappa shape index (κ2) is 6.67. The Morgan fingerprint density at radius 3 is 2.67 bits per heavy atom. The van der Waals surface area contributed by atoms with Crippen molar-refractivity contribution in [2.24, 2.45) is 0 Å². The Labute approximate surface area is 128 Å². The van der Waals surface area contributed by atoms with Gasteiger partial charge in [-0.3, -0.25) is 5.10 Å². The van der Waals surface area contributed by atoms with Crippen molar-refractivity contribution in [2.45, 2.75) is 6.54 Å². The van der Waals surface area contributed by atoms with Gasteiger partial charge in [-0.25, -0.2) is 4.79 Å². The summed E-state index contributed by atoms with van der Waals surface area (Å²) in [6, 6.07) is 10.1. The number of H-pyrrole nitrogens is 1. The molecule has 1 aromatic heterocycles. The van der Waals surface area contributed by atoms with E-state index >= 15 is 0 Å². The lowest BCUT2D eigenvalue weighted by Gasteiger charge is -2.26. The molecular formula is C15H18N4OS. The van der Waals surface area contributed by atoms with Gasteiger partial charge < -0.3 is 10.2 Å².